The van der Waals surface area contributed by atoms with Gasteiger partial charge in [-0.05, 0) is 37.1 Å². The van der Waals surface area contributed by atoms with E-state index in [0.717, 1.165) is 5.56 Å². The fourth-order valence-corrected chi connectivity index (χ4v) is 2.32. The number of nitrogens with two attached hydrogens (primary N) is 1. The van der Waals surface area contributed by atoms with E-state index in [9.17, 15) is 10.1 Å². The maximum Gasteiger partial charge on any atom is 0.287 e. The van der Waals surface area contributed by atoms with E-state index in [1.807, 2.05) is 13.0 Å². The number of nitrogens with zero attached hydrogens (tertiary/aromatic N) is 2. The van der Waals surface area contributed by atoms with Crippen LogP contribution in [-0.4, -0.2) is 9.91 Å². The lowest BCUT2D eigenvalue weighted by Crippen LogP contribution is -2.36. The molecule has 8 heteroatoms. The van der Waals surface area contributed by atoms with Crippen molar-refractivity contribution in [2.45, 2.75) is 18.9 Å². The number of pyridine rings is 1. The first-order valence-corrected chi connectivity index (χ1v) is 6.89. The van der Waals surface area contributed by atoms with E-state index >= 15 is 0 Å². The van der Waals surface area contributed by atoms with E-state index < -0.39 is 10.5 Å². The highest BCUT2D eigenvalue weighted by molar-refractivity contribution is 6.42. The molecule has 0 amide bonds. The molecule has 0 radical (unpaired) electrons. The number of halogens is 2. The summed E-state index contributed by atoms with van der Waals surface area (Å²) in [7, 11) is 0. The number of hydrogen-bond acceptors (Lipinski definition) is 5. The molecule has 1 heterocycles. The number of nitro groups is 1. The fraction of sp³-hybridized carbons (Fsp3) is 0.214. The van der Waals surface area contributed by atoms with Crippen LogP contribution in [0.25, 0.3) is 0 Å². The van der Waals surface area contributed by atoms with Crippen molar-refractivity contribution in [2.75, 3.05) is 0 Å². The van der Waals surface area contributed by atoms with Crippen LogP contribution in [0.2, 0.25) is 10.0 Å². The zero-order chi connectivity index (χ0) is 15.6. The second-order valence-corrected chi connectivity index (χ2v) is 5.82. The molecule has 0 saturated heterocycles. The molecular weight excluding hydrogens is 327 g/mol. The molecule has 6 nitrogen and oxygen atoms in total. The Morgan fingerprint density at radius 1 is 1.27 bits per heavy atom. The van der Waals surface area contributed by atoms with Crippen LogP contribution < -0.4 is 11.9 Å². The standard InChI is InChI=1S/C14H13Cl2N3O2.H3N/c1-14(17,7-9-2-4-11(15)12(16)6-9)13-5-3-10(8-18-13)19(20)21;/h2-6,8H,7,17H2,1H3;1H3. The molecule has 0 spiro atoms. The Labute approximate surface area is 138 Å². The Balaban J connectivity index is 0.00000242. The summed E-state index contributed by atoms with van der Waals surface area (Å²) in [6, 6.07) is 8.25. The zero-order valence-electron chi connectivity index (χ0n) is 11.9. The second-order valence-electron chi connectivity index (χ2n) is 5.00. The summed E-state index contributed by atoms with van der Waals surface area (Å²) < 4.78 is 0. The summed E-state index contributed by atoms with van der Waals surface area (Å²) in [5.74, 6) is 0. The minimum absolute atomic E-state index is 0. The molecule has 2 rings (SSSR count). The maximum absolute atomic E-state index is 10.6. The summed E-state index contributed by atoms with van der Waals surface area (Å²) in [6.45, 7) is 1.81. The molecule has 0 saturated carbocycles. The van der Waals surface area contributed by atoms with Crippen molar-refractivity contribution in [3.8, 4) is 0 Å². The van der Waals surface area contributed by atoms with Gasteiger partial charge in [0.1, 0.15) is 6.20 Å². The van der Waals surface area contributed by atoms with Crippen molar-refractivity contribution >= 4 is 28.9 Å². The highest BCUT2D eigenvalue weighted by atomic mass is 35.5. The average Bonchev–Trinajstić information content (AvgIpc) is 2.43. The summed E-state index contributed by atoms with van der Waals surface area (Å²) in [5.41, 5.74) is 6.92. The summed E-state index contributed by atoms with van der Waals surface area (Å²) in [4.78, 5) is 14.2. The van der Waals surface area contributed by atoms with Crippen molar-refractivity contribution < 1.29 is 4.92 Å². The first kappa shape index (κ1) is 18.3. The third-order valence-electron chi connectivity index (χ3n) is 3.10. The van der Waals surface area contributed by atoms with Crippen LogP contribution in [0.1, 0.15) is 18.2 Å². The quantitative estimate of drug-likeness (QED) is 0.645. The van der Waals surface area contributed by atoms with E-state index in [1.165, 1.54) is 12.3 Å². The van der Waals surface area contributed by atoms with Gasteiger partial charge < -0.3 is 11.9 Å². The van der Waals surface area contributed by atoms with Crippen LogP contribution in [0.15, 0.2) is 36.5 Å². The van der Waals surface area contributed by atoms with Crippen molar-refractivity contribution in [3.63, 3.8) is 0 Å². The summed E-state index contributed by atoms with van der Waals surface area (Å²) >= 11 is 11.9. The largest absolute Gasteiger partial charge is 0.344 e. The molecule has 1 aromatic carbocycles. The van der Waals surface area contributed by atoms with Gasteiger partial charge in [0.25, 0.3) is 5.69 Å². The molecule has 0 aliphatic rings. The number of hydrogen-bond donors (Lipinski definition) is 2. The van der Waals surface area contributed by atoms with Crippen LogP contribution >= 0.6 is 23.2 Å². The molecule has 1 aromatic heterocycles. The van der Waals surface area contributed by atoms with Gasteiger partial charge in [-0.2, -0.15) is 0 Å². The van der Waals surface area contributed by atoms with Gasteiger partial charge in [0.2, 0.25) is 0 Å². The minimum atomic E-state index is -0.772. The number of aromatic nitrogens is 1. The van der Waals surface area contributed by atoms with Gasteiger partial charge in [-0.25, -0.2) is 0 Å². The van der Waals surface area contributed by atoms with Gasteiger partial charge in [0, 0.05) is 6.07 Å². The van der Waals surface area contributed by atoms with Crippen LogP contribution in [0.4, 0.5) is 5.69 Å². The lowest BCUT2D eigenvalue weighted by Gasteiger charge is -2.24. The Morgan fingerprint density at radius 2 is 1.95 bits per heavy atom. The lowest BCUT2D eigenvalue weighted by atomic mass is 9.90. The van der Waals surface area contributed by atoms with E-state index in [1.54, 1.807) is 18.2 Å². The monoisotopic (exact) mass is 342 g/mol. The molecule has 2 aromatic rings. The molecular formula is C14H16Cl2N4O2. The van der Waals surface area contributed by atoms with Crippen molar-refractivity contribution in [3.05, 3.63) is 67.9 Å². The van der Waals surface area contributed by atoms with Gasteiger partial charge in [-0.3, -0.25) is 15.1 Å². The number of rotatable bonds is 4. The van der Waals surface area contributed by atoms with Crippen LogP contribution in [-0.2, 0) is 12.0 Å². The smallest absolute Gasteiger partial charge is 0.287 e. The Kier molecular flexibility index (Phi) is 5.85. The topological polar surface area (TPSA) is 117 Å². The SMILES string of the molecule is CC(N)(Cc1ccc(Cl)c(Cl)c1)c1ccc([N+](=O)[O-])cn1.N. The van der Waals surface area contributed by atoms with Gasteiger partial charge >= 0.3 is 0 Å². The van der Waals surface area contributed by atoms with Crippen LogP contribution in [0, 0.1) is 10.1 Å². The van der Waals surface area contributed by atoms with Crippen LogP contribution in [0.3, 0.4) is 0 Å². The molecule has 22 heavy (non-hydrogen) atoms. The highest BCUT2D eigenvalue weighted by Crippen LogP contribution is 2.27. The van der Waals surface area contributed by atoms with Gasteiger partial charge in [-0.15, -0.1) is 0 Å². The summed E-state index contributed by atoms with van der Waals surface area (Å²) in [5, 5.41) is 11.6. The third-order valence-corrected chi connectivity index (χ3v) is 3.84. The number of benzene rings is 1. The van der Waals surface area contributed by atoms with E-state index in [0.29, 0.717) is 22.2 Å². The molecule has 0 fully saturated rings. The molecule has 0 bridgehead atoms. The van der Waals surface area contributed by atoms with E-state index in [-0.39, 0.29) is 11.8 Å². The second kappa shape index (κ2) is 7.02. The molecule has 1 atom stereocenters. The Bertz CT molecular complexity index is 675. The van der Waals surface area contributed by atoms with E-state index in [4.69, 9.17) is 28.9 Å². The predicted molar refractivity (Wildman–Crippen MR) is 87.6 cm³/mol. The molecule has 0 aliphatic heterocycles. The predicted octanol–water partition coefficient (Wildman–Crippen LogP) is 3.88. The molecule has 1 unspecified atom stereocenters. The highest BCUT2D eigenvalue weighted by Gasteiger charge is 2.24. The normalized spacial score (nSPS) is 13.1. The summed E-state index contributed by atoms with van der Waals surface area (Å²) in [6.07, 6.45) is 1.68. The third kappa shape index (κ3) is 4.14. The first-order valence-electron chi connectivity index (χ1n) is 6.13. The Hall–Kier alpha value is -1.73. The van der Waals surface area contributed by atoms with E-state index in [2.05, 4.69) is 4.98 Å². The fourth-order valence-electron chi connectivity index (χ4n) is 2.00. The van der Waals surface area contributed by atoms with Crippen molar-refractivity contribution in [1.29, 1.82) is 0 Å². The molecule has 0 aliphatic carbocycles. The van der Waals surface area contributed by atoms with Gasteiger partial charge in [0.15, 0.2) is 0 Å². The van der Waals surface area contributed by atoms with Crippen LogP contribution in [0.5, 0.6) is 0 Å². The minimum Gasteiger partial charge on any atom is -0.344 e. The average molecular weight is 343 g/mol. The molecule has 118 valence electrons. The van der Waals surface area contributed by atoms with Gasteiger partial charge in [-0.1, -0.05) is 29.3 Å². The van der Waals surface area contributed by atoms with Gasteiger partial charge in [0.05, 0.1) is 26.2 Å². The Morgan fingerprint density at radius 3 is 2.45 bits per heavy atom. The zero-order valence-corrected chi connectivity index (χ0v) is 13.4. The first-order chi connectivity index (χ1) is 9.79. The maximum atomic E-state index is 10.6. The van der Waals surface area contributed by atoms with Crippen molar-refractivity contribution in [1.82, 2.24) is 11.1 Å². The van der Waals surface area contributed by atoms with Crippen molar-refractivity contribution in [2.24, 2.45) is 5.73 Å². The molecule has 5 N–H and O–H groups in total. The lowest BCUT2D eigenvalue weighted by molar-refractivity contribution is -0.385.